The van der Waals surface area contributed by atoms with E-state index in [1.807, 2.05) is 50.2 Å². The highest BCUT2D eigenvalue weighted by Gasteiger charge is 2.22. The number of fused-ring (bicyclic) bond motifs is 1. The third-order valence-corrected chi connectivity index (χ3v) is 5.76. The molecule has 0 spiro atoms. The zero-order valence-corrected chi connectivity index (χ0v) is 17.4. The second-order valence-electron chi connectivity index (χ2n) is 7.93. The Kier molecular flexibility index (Phi) is 5.81. The fraction of sp³-hybridized carbons (Fsp3) is 0.280. The van der Waals surface area contributed by atoms with Crippen molar-refractivity contribution in [1.82, 2.24) is 10.6 Å². The molecule has 0 saturated carbocycles. The molecular formula is C25H27N3O2. The van der Waals surface area contributed by atoms with E-state index in [2.05, 4.69) is 34.1 Å². The fourth-order valence-electron chi connectivity index (χ4n) is 4.06. The predicted molar refractivity (Wildman–Crippen MR) is 121 cm³/mol. The Morgan fingerprint density at radius 3 is 2.67 bits per heavy atom. The van der Waals surface area contributed by atoms with Crippen molar-refractivity contribution < 1.29 is 9.59 Å². The van der Waals surface area contributed by atoms with E-state index in [0.29, 0.717) is 11.3 Å². The summed E-state index contributed by atoms with van der Waals surface area (Å²) >= 11 is 0. The molecule has 1 unspecified atom stereocenters. The summed E-state index contributed by atoms with van der Waals surface area (Å²) in [4.78, 5) is 25.4. The summed E-state index contributed by atoms with van der Waals surface area (Å²) < 4.78 is 0. The predicted octanol–water partition coefficient (Wildman–Crippen LogP) is 4.33. The van der Waals surface area contributed by atoms with E-state index in [1.54, 1.807) is 6.07 Å². The van der Waals surface area contributed by atoms with Gasteiger partial charge in [-0.15, -0.1) is 0 Å². The highest BCUT2D eigenvalue weighted by molar-refractivity contribution is 6.00. The van der Waals surface area contributed by atoms with Crippen LogP contribution in [0.2, 0.25) is 0 Å². The minimum absolute atomic E-state index is 0.0492. The zero-order chi connectivity index (χ0) is 21.1. The summed E-state index contributed by atoms with van der Waals surface area (Å²) in [6, 6.07) is 19.5. The van der Waals surface area contributed by atoms with Gasteiger partial charge in [0.2, 0.25) is 5.91 Å². The Balaban J connectivity index is 1.51. The lowest BCUT2D eigenvalue weighted by Gasteiger charge is -2.18. The first-order valence-electron chi connectivity index (χ1n) is 10.5. The fourth-order valence-corrected chi connectivity index (χ4v) is 4.06. The second kappa shape index (κ2) is 8.67. The van der Waals surface area contributed by atoms with E-state index in [4.69, 9.17) is 0 Å². The molecule has 154 valence electrons. The highest BCUT2D eigenvalue weighted by Crippen LogP contribution is 2.25. The Bertz CT molecular complexity index is 1080. The molecule has 3 aromatic rings. The number of rotatable bonds is 5. The van der Waals surface area contributed by atoms with Gasteiger partial charge in [-0.3, -0.25) is 9.59 Å². The molecule has 1 aliphatic rings. The smallest absolute Gasteiger partial charge is 0.252 e. The molecule has 5 heteroatoms. The number of carbonyl (C=O) groups is 2. The minimum atomic E-state index is -0.157. The SMILES string of the molecule is Cc1ccc(NC(=O)C2CCCN2)cc1C(=O)N[C@H](C)c1cccc2ccccc12. The van der Waals surface area contributed by atoms with Crippen LogP contribution in [0.3, 0.4) is 0 Å². The lowest BCUT2D eigenvalue weighted by Crippen LogP contribution is -2.35. The Hall–Kier alpha value is -3.18. The number of carbonyl (C=O) groups excluding carboxylic acids is 2. The normalized spacial score (nSPS) is 16.9. The third kappa shape index (κ3) is 4.21. The Labute approximate surface area is 176 Å². The van der Waals surface area contributed by atoms with Crippen molar-refractivity contribution in [2.75, 3.05) is 11.9 Å². The van der Waals surface area contributed by atoms with Crippen molar-refractivity contribution in [3.05, 3.63) is 77.4 Å². The summed E-state index contributed by atoms with van der Waals surface area (Å²) in [6.07, 6.45) is 1.85. The van der Waals surface area contributed by atoms with Gasteiger partial charge < -0.3 is 16.0 Å². The maximum absolute atomic E-state index is 13.0. The molecule has 3 N–H and O–H groups in total. The van der Waals surface area contributed by atoms with Crippen molar-refractivity contribution in [3.63, 3.8) is 0 Å². The molecule has 0 aliphatic carbocycles. The number of nitrogens with one attached hydrogen (secondary N) is 3. The first kappa shape index (κ1) is 20.1. The Morgan fingerprint density at radius 2 is 1.87 bits per heavy atom. The number of benzene rings is 3. The molecule has 0 bridgehead atoms. The molecule has 0 aromatic heterocycles. The van der Waals surface area contributed by atoms with Crippen LogP contribution >= 0.6 is 0 Å². The van der Waals surface area contributed by atoms with Gasteiger partial charge >= 0.3 is 0 Å². The second-order valence-corrected chi connectivity index (χ2v) is 7.93. The maximum Gasteiger partial charge on any atom is 0.252 e. The first-order chi connectivity index (χ1) is 14.5. The van der Waals surface area contributed by atoms with Gasteiger partial charge in [0.25, 0.3) is 5.91 Å². The summed E-state index contributed by atoms with van der Waals surface area (Å²) in [5, 5.41) is 11.5. The van der Waals surface area contributed by atoms with E-state index in [1.165, 1.54) is 0 Å². The summed E-state index contributed by atoms with van der Waals surface area (Å²) in [6.45, 7) is 4.76. The average Bonchev–Trinajstić information content (AvgIpc) is 3.29. The summed E-state index contributed by atoms with van der Waals surface area (Å²) in [5.41, 5.74) is 3.16. The van der Waals surface area contributed by atoms with Crippen molar-refractivity contribution in [3.8, 4) is 0 Å². The molecular weight excluding hydrogens is 374 g/mol. The molecule has 1 saturated heterocycles. The number of anilines is 1. The van der Waals surface area contributed by atoms with Crippen molar-refractivity contribution >= 4 is 28.3 Å². The molecule has 5 nitrogen and oxygen atoms in total. The number of aryl methyl sites for hydroxylation is 1. The minimum Gasteiger partial charge on any atom is -0.345 e. The lowest BCUT2D eigenvalue weighted by atomic mass is 9.99. The van der Waals surface area contributed by atoms with Gasteiger partial charge in [-0.1, -0.05) is 48.5 Å². The highest BCUT2D eigenvalue weighted by atomic mass is 16.2. The molecule has 4 rings (SSSR count). The van der Waals surface area contributed by atoms with Crippen LogP contribution < -0.4 is 16.0 Å². The van der Waals surface area contributed by atoms with Gasteiger partial charge in [0, 0.05) is 11.3 Å². The van der Waals surface area contributed by atoms with Gasteiger partial charge in [0.05, 0.1) is 12.1 Å². The van der Waals surface area contributed by atoms with E-state index in [9.17, 15) is 9.59 Å². The van der Waals surface area contributed by atoms with E-state index in [0.717, 1.165) is 41.3 Å². The number of amides is 2. The Morgan fingerprint density at radius 1 is 1.07 bits per heavy atom. The molecule has 2 amide bonds. The zero-order valence-electron chi connectivity index (χ0n) is 17.4. The van der Waals surface area contributed by atoms with Gasteiger partial charge in [-0.05, 0) is 67.3 Å². The van der Waals surface area contributed by atoms with Gasteiger partial charge in [-0.25, -0.2) is 0 Å². The van der Waals surface area contributed by atoms with Crippen LogP contribution in [-0.2, 0) is 4.79 Å². The topological polar surface area (TPSA) is 70.2 Å². The van der Waals surface area contributed by atoms with Gasteiger partial charge in [-0.2, -0.15) is 0 Å². The van der Waals surface area contributed by atoms with E-state index in [-0.39, 0.29) is 23.9 Å². The number of hydrogen-bond donors (Lipinski definition) is 3. The summed E-state index contributed by atoms with van der Waals surface area (Å²) in [5.74, 6) is -0.199. The van der Waals surface area contributed by atoms with Crippen molar-refractivity contribution in [2.24, 2.45) is 0 Å². The van der Waals surface area contributed by atoms with Crippen LogP contribution in [0.15, 0.2) is 60.7 Å². The van der Waals surface area contributed by atoms with Crippen molar-refractivity contribution in [2.45, 2.75) is 38.8 Å². The van der Waals surface area contributed by atoms with E-state index >= 15 is 0 Å². The molecule has 30 heavy (non-hydrogen) atoms. The maximum atomic E-state index is 13.0. The van der Waals surface area contributed by atoms with Crippen molar-refractivity contribution in [1.29, 1.82) is 0 Å². The molecule has 1 heterocycles. The first-order valence-corrected chi connectivity index (χ1v) is 10.5. The van der Waals surface area contributed by atoms with Crippen LogP contribution in [0, 0.1) is 6.92 Å². The molecule has 1 aliphatic heterocycles. The quantitative estimate of drug-likeness (QED) is 0.596. The third-order valence-electron chi connectivity index (χ3n) is 5.76. The monoisotopic (exact) mass is 401 g/mol. The average molecular weight is 402 g/mol. The molecule has 0 radical (unpaired) electrons. The number of hydrogen-bond acceptors (Lipinski definition) is 3. The molecule has 1 fully saturated rings. The van der Waals surface area contributed by atoms with Crippen LogP contribution in [0.5, 0.6) is 0 Å². The van der Waals surface area contributed by atoms with E-state index < -0.39 is 0 Å². The molecule has 3 aromatic carbocycles. The standard InChI is InChI=1S/C25H27N3O2/c1-16-12-13-19(28-25(30)23-11-6-14-26-23)15-22(16)24(29)27-17(2)20-10-5-8-18-7-3-4-9-21(18)20/h3-5,7-10,12-13,15,17,23,26H,6,11,14H2,1-2H3,(H,27,29)(H,28,30)/t17-,23?/m1/s1. The van der Waals surface area contributed by atoms with Gasteiger partial charge in [0.15, 0.2) is 0 Å². The van der Waals surface area contributed by atoms with Crippen LogP contribution in [0.4, 0.5) is 5.69 Å². The molecule has 2 atom stereocenters. The van der Waals surface area contributed by atoms with Crippen LogP contribution in [0.1, 0.15) is 47.3 Å². The van der Waals surface area contributed by atoms with Crippen LogP contribution in [-0.4, -0.2) is 24.4 Å². The summed E-state index contributed by atoms with van der Waals surface area (Å²) in [7, 11) is 0. The largest absolute Gasteiger partial charge is 0.345 e. The lowest BCUT2D eigenvalue weighted by molar-refractivity contribution is -0.117. The van der Waals surface area contributed by atoms with Crippen LogP contribution in [0.25, 0.3) is 10.8 Å². The van der Waals surface area contributed by atoms with Gasteiger partial charge in [0.1, 0.15) is 0 Å².